The molecule has 14 heavy (non-hydrogen) atoms. The predicted molar refractivity (Wildman–Crippen MR) is 63.2 cm³/mol. The van der Waals surface area contributed by atoms with Gasteiger partial charge in [-0.15, -0.1) is 0 Å². The zero-order chi connectivity index (χ0) is 10.6. The third kappa shape index (κ3) is 2.79. The Hall–Kier alpha value is -0.920. The van der Waals surface area contributed by atoms with Crippen molar-refractivity contribution in [3.8, 4) is 0 Å². The van der Waals surface area contributed by atoms with Crippen molar-refractivity contribution in [1.29, 1.82) is 0 Å². The van der Waals surface area contributed by atoms with E-state index < -0.39 is 0 Å². The molecule has 1 rings (SSSR count). The summed E-state index contributed by atoms with van der Waals surface area (Å²) in [6.07, 6.45) is 6.19. The molecule has 78 valence electrons. The summed E-state index contributed by atoms with van der Waals surface area (Å²) in [5.41, 5.74) is 2.63. The van der Waals surface area contributed by atoms with E-state index in [1.165, 1.54) is 11.3 Å². The summed E-state index contributed by atoms with van der Waals surface area (Å²) in [5.74, 6) is 1.29. The van der Waals surface area contributed by atoms with E-state index in [0.29, 0.717) is 11.8 Å². The maximum Gasteiger partial charge on any atom is 0.0273 e. The molecule has 0 saturated heterocycles. The molecule has 0 aromatic heterocycles. The minimum absolute atomic E-state index is 0.611. The molecule has 0 radical (unpaired) electrons. The van der Waals surface area contributed by atoms with E-state index >= 15 is 0 Å². The second-order valence-electron chi connectivity index (χ2n) is 4.20. The Morgan fingerprint density at radius 2 is 2.29 bits per heavy atom. The maximum absolute atomic E-state index is 4.42. The van der Waals surface area contributed by atoms with Gasteiger partial charge in [-0.25, -0.2) is 0 Å². The van der Waals surface area contributed by atoms with Crippen LogP contribution >= 0.6 is 0 Å². The number of hydrogen-bond acceptors (Lipinski definition) is 2. The van der Waals surface area contributed by atoms with Crippen LogP contribution in [0.4, 0.5) is 0 Å². The van der Waals surface area contributed by atoms with E-state index in [2.05, 4.69) is 30.8 Å². The summed E-state index contributed by atoms with van der Waals surface area (Å²) in [6, 6.07) is 0. The van der Waals surface area contributed by atoms with Gasteiger partial charge in [-0.05, 0) is 44.7 Å². The van der Waals surface area contributed by atoms with E-state index in [0.717, 1.165) is 12.8 Å². The van der Waals surface area contributed by atoms with Crippen LogP contribution in [-0.2, 0) is 0 Å². The van der Waals surface area contributed by atoms with E-state index in [1.807, 2.05) is 19.5 Å². The number of allylic oxidation sites excluding steroid dienone is 1. The lowest BCUT2D eigenvalue weighted by atomic mass is 9.83. The van der Waals surface area contributed by atoms with Crippen molar-refractivity contribution in [3.63, 3.8) is 0 Å². The molecule has 0 amide bonds. The van der Waals surface area contributed by atoms with Gasteiger partial charge in [-0.3, -0.25) is 4.99 Å². The van der Waals surface area contributed by atoms with Crippen LogP contribution in [-0.4, -0.2) is 19.0 Å². The van der Waals surface area contributed by atoms with Crippen molar-refractivity contribution in [2.45, 2.75) is 33.6 Å². The lowest BCUT2D eigenvalue weighted by Crippen LogP contribution is -2.14. The van der Waals surface area contributed by atoms with Crippen molar-refractivity contribution in [3.05, 3.63) is 11.8 Å². The smallest absolute Gasteiger partial charge is 0.0273 e. The average Bonchev–Trinajstić information content (AvgIpc) is 2.25. The molecular formula is C12H20N2. The molecule has 0 bridgehead atoms. The normalized spacial score (nSPS) is 28.6. The first kappa shape index (κ1) is 11.2. The minimum atomic E-state index is 0.611. The Balaban J connectivity index is 2.75. The fourth-order valence-electron chi connectivity index (χ4n) is 2.05. The Labute approximate surface area is 86.8 Å². The maximum atomic E-state index is 4.42. The summed E-state index contributed by atoms with van der Waals surface area (Å²) in [6.45, 7) is 6.58. The van der Waals surface area contributed by atoms with Gasteiger partial charge in [0.2, 0.25) is 0 Å². The molecule has 0 saturated carbocycles. The van der Waals surface area contributed by atoms with Crippen LogP contribution in [0.5, 0.6) is 0 Å². The van der Waals surface area contributed by atoms with Gasteiger partial charge < -0.3 is 4.99 Å². The molecule has 0 spiro atoms. The van der Waals surface area contributed by atoms with Gasteiger partial charge in [-0.1, -0.05) is 12.5 Å². The topological polar surface area (TPSA) is 24.7 Å². The summed E-state index contributed by atoms with van der Waals surface area (Å²) >= 11 is 0. The summed E-state index contributed by atoms with van der Waals surface area (Å²) < 4.78 is 0. The van der Waals surface area contributed by atoms with Crippen molar-refractivity contribution in [2.75, 3.05) is 7.05 Å². The van der Waals surface area contributed by atoms with Crippen LogP contribution in [0.1, 0.15) is 33.6 Å². The number of rotatable bonds is 2. The third-order valence-electron chi connectivity index (χ3n) is 2.92. The SMILES string of the molecule is CN=CCC1C(C)=CN=C(C)CC1C. The predicted octanol–water partition coefficient (Wildman–Crippen LogP) is 3.10. The van der Waals surface area contributed by atoms with Gasteiger partial charge in [0, 0.05) is 19.0 Å². The molecule has 0 aromatic rings. The number of aliphatic imine (C=N–C) groups is 2. The first-order valence-electron chi connectivity index (χ1n) is 5.25. The first-order valence-corrected chi connectivity index (χ1v) is 5.25. The van der Waals surface area contributed by atoms with Crippen molar-refractivity contribution in [1.82, 2.24) is 0 Å². The molecule has 1 heterocycles. The number of nitrogens with zero attached hydrogens (tertiary/aromatic N) is 2. The molecule has 0 aliphatic carbocycles. The zero-order valence-corrected chi connectivity index (χ0v) is 9.62. The Morgan fingerprint density at radius 1 is 1.57 bits per heavy atom. The van der Waals surface area contributed by atoms with E-state index in [1.54, 1.807) is 0 Å². The van der Waals surface area contributed by atoms with Crippen LogP contribution in [0.2, 0.25) is 0 Å². The van der Waals surface area contributed by atoms with Crippen molar-refractivity contribution in [2.24, 2.45) is 21.8 Å². The van der Waals surface area contributed by atoms with Crippen LogP contribution in [0.15, 0.2) is 21.8 Å². The van der Waals surface area contributed by atoms with Gasteiger partial charge in [0.15, 0.2) is 0 Å². The average molecular weight is 192 g/mol. The summed E-state index contributed by atoms with van der Waals surface area (Å²) in [5, 5.41) is 0. The molecule has 0 aromatic carbocycles. The Kier molecular flexibility index (Phi) is 4.05. The monoisotopic (exact) mass is 192 g/mol. The van der Waals surface area contributed by atoms with E-state index in [4.69, 9.17) is 0 Å². The standard InChI is InChI=1S/C12H20N2/c1-9-7-11(3)14-8-10(2)12(9)5-6-13-4/h6,8-9,12H,5,7H2,1-4H3. The lowest BCUT2D eigenvalue weighted by Gasteiger charge is -2.21. The third-order valence-corrected chi connectivity index (χ3v) is 2.92. The van der Waals surface area contributed by atoms with E-state index in [-0.39, 0.29) is 0 Å². The van der Waals surface area contributed by atoms with Gasteiger partial charge in [0.25, 0.3) is 0 Å². The van der Waals surface area contributed by atoms with Gasteiger partial charge in [0.05, 0.1) is 0 Å². The molecule has 0 fully saturated rings. The highest BCUT2D eigenvalue weighted by Gasteiger charge is 2.20. The molecule has 1 aliphatic heterocycles. The molecule has 1 aliphatic rings. The van der Waals surface area contributed by atoms with Crippen LogP contribution < -0.4 is 0 Å². The highest BCUT2D eigenvalue weighted by molar-refractivity contribution is 5.83. The molecule has 2 unspecified atom stereocenters. The minimum Gasteiger partial charge on any atom is -0.301 e. The van der Waals surface area contributed by atoms with Crippen molar-refractivity contribution >= 4 is 11.9 Å². The largest absolute Gasteiger partial charge is 0.301 e. The van der Waals surface area contributed by atoms with Crippen LogP contribution in [0.25, 0.3) is 0 Å². The lowest BCUT2D eigenvalue weighted by molar-refractivity contribution is 0.438. The highest BCUT2D eigenvalue weighted by Crippen LogP contribution is 2.28. The second kappa shape index (κ2) is 5.08. The van der Waals surface area contributed by atoms with Gasteiger partial charge in [-0.2, -0.15) is 0 Å². The quantitative estimate of drug-likeness (QED) is 0.601. The Morgan fingerprint density at radius 3 is 2.93 bits per heavy atom. The van der Waals surface area contributed by atoms with E-state index in [9.17, 15) is 0 Å². The molecule has 2 atom stereocenters. The van der Waals surface area contributed by atoms with Crippen LogP contribution in [0.3, 0.4) is 0 Å². The first-order chi connectivity index (χ1) is 6.65. The fourth-order valence-corrected chi connectivity index (χ4v) is 2.05. The molecule has 2 heteroatoms. The fraction of sp³-hybridized carbons (Fsp3) is 0.667. The number of hydrogen-bond donors (Lipinski definition) is 0. The summed E-state index contributed by atoms with van der Waals surface area (Å²) in [4.78, 5) is 8.48. The van der Waals surface area contributed by atoms with Gasteiger partial charge in [0.1, 0.15) is 0 Å². The molecular weight excluding hydrogens is 172 g/mol. The zero-order valence-electron chi connectivity index (χ0n) is 9.62. The second-order valence-corrected chi connectivity index (χ2v) is 4.20. The summed E-state index contributed by atoms with van der Waals surface area (Å²) in [7, 11) is 1.84. The molecule has 0 N–H and O–H groups in total. The highest BCUT2D eigenvalue weighted by atomic mass is 14.7. The van der Waals surface area contributed by atoms with Crippen LogP contribution in [0, 0.1) is 11.8 Å². The molecule has 2 nitrogen and oxygen atoms in total. The van der Waals surface area contributed by atoms with Gasteiger partial charge >= 0.3 is 0 Å². The Bertz CT molecular complexity index is 274. The van der Waals surface area contributed by atoms with Crippen molar-refractivity contribution < 1.29 is 0 Å².